The maximum Gasteiger partial charge on any atom is 0.118 e. The number of rotatable bonds is 7. The number of halogens is 1. The van der Waals surface area contributed by atoms with E-state index in [0.717, 1.165) is 61.2 Å². The van der Waals surface area contributed by atoms with E-state index in [0.29, 0.717) is 5.02 Å². The normalized spacial score (nSPS) is 11.7. The molecule has 0 N–H and O–H groups in total. The molecule has 2 aromatic heterocycles. The minimum atomic E-state index is 0.684. The molecule has 0 aliphatic rings. The van der Waals surface area contributed by atoms with Gasteiger partial charge in [0.05, 0.1) is 37.1 Å². The van der Waals surface area contributed by atoms with Crippen LogP contribution in [0.5, 0.6) is 11.5 Å². The fraction of sp³-hybridized carbons (Fsp3) is 0.0588. The Balaban J connectivity index is 1.51. The number of nitrogens with zero attached hydrogens (tertiary/aromatic N) is 3. The summed E-state index contributed by atoms with van der Waals surface area (Å²) >= 11 is 6.16. The number of hydrogen-bond donors (Lipinski definition) is 0. The Kier molecular flexibility index (Phi) is 7.04. The van der Waals surface area contributed by atoms with Crippen molar-refractivity contribution in [3.8, 4) is 17.2 Å². The zero-order valence-corrected chi connectivity index (χ0v) is 22.8. The van der Waals surface area contributed by atoms with Crippen molar-refractivity contribution in [2.45, 2.75) is 0 Å². The third kappa shape index (κ3) is 5.20. The lowest BCUT2D eigenvalue weighted by Crippen LogP contribution is -1.97. The van der Waals surface area contributed by atoms with Gasteiger partial charge in [0, 0.05) is 27.6 Å². The Labute approximate surface area is 237 Å². The summed E-state index contributed by atoms with van der Waals surface area (Å²) in [5.41, 5.74) is 7.03. The lowest BCUT2D eigenvalue weighted by Gasteiger charge is -2.10. The van der Waals surface area contributed by atoms with Crippen LogP contribution in [0.15, 0.2) is 97.3 Å². The Bertz CT molecular complexity index is 1850. The molecule has 4 aromatic carbocycles. The molecule has 0 radical (unpaired) electrons. The maximum atomic E-state index is 6.16. The molecule has 0 saturated carbocycles. The first-order valence-corrected chi connectivity index (χ1v) is 13.2. The van der Waals surface area contributed by atoms with Crippen LogP contribution in [0, 0.1) is 0 Å². The predicted molar refractivity (Wildman–Crippen MR) is 165 cm³/mol. The number of benzene rings is 4. The highest BCUT2D eigenvalue weighted by Gasteiger charge is 2.13. The van der Waals surface area contributed by atoms with Crippen molar-refractivity contribution < 1.29 is 9.47 Å². The molecule has 6 rings (SSSR count). The summed E-state index contributed by atoms with van der Waals surface area (Å²) in [6.07, 6.45) is 12.2. The van der Waals surface area contributed by atoms with Gasteiger partial charge in [-0.3, -0.25) is 4.98 Å². The molecular formula is C34H26ClN3O2. The van der Waals surface area contributed by atoms with Crippen LogP contribution in [-0.2, 0) is 0 Å². The van der Waals surface area contributed by atoms with Crippen LogP contribution < -0.4 is 9.47 Å². The van der Waals surface area contributed by atoms with Crippen LogP contribution in [-0.4, -0.2) is 29.0 Å². The van der Waals surface area contributed by atoms with Crippen LogP contribution in [0.2, 0.25) is 5.02 Å². The summed E-state index contributed by atoms with van der Waals surface area (Å²) in [6, 6.07) is 28.0. The average Bonchev–Trinajstić information content (AvgIpc) is 3.44. The third-order valence-corrected chi connectivity index (χ3v) is 7.03. The minimum Gasteiger partial charge on any atom is -0.497 e. The van der Waals surface area contributed by atoms with Crippen molar-refractivity contribution in [2.24, 2.45) is 0 Å². The van der Waals surface area contributed by atoms with E-state index in [2.05, 4.69) is 36.4 Å². The number of hydrogen-bond acceptors (Lipinski definition) is 4. The Hall–Kier alpha value is -4.87. The second-order valence-electron chi connectivity index (χ2n) is 9.31. The first kappa shape index (κ1) is 25.4. The molecule has 0 spiro atoms. The van der Waals surface area contributed by atoms with E-state index < -0.39 is 0 Å². The molecule has 0 fully saturated rings. The van der Waals surface area contributed by atoms with Gasteiger partial charge in [0.15, 0.2) is 0 Å². The Morgan fingerprint density at radius 1 is 0.675 bits per heavy atom. The predicted octanol–water partition coefficient (Wildman–Crippen LogP) is 8.59. The zero-order valence-electron chi connectivity index (χ0n) is 22.1. The van der Waals surface area contributed by atoms with Crippen LogP contribution >= 0.6 is 11.6 Å². The van der Waals surface area contributed by atoms with Gasteiger partial charge < -0.3 is 9.47 Å². The van der Waals surface area contributed by atoms with Crippen molar-refractivity contribution >= 4 is 57.7 Å². The molecular weight excluding hydrogens is 518 g/mol. The van der Waals surface area contributed by atoms with E-state index in [-0.39, 0.29) is 0 Å². The molecule has 196 valence electrons. The van der Waals surface area contributed by atoms with Crippen LogP contribution in [0.4, 0.5) is 0 Å². The third-order valence-electron chi connectivity index (χ3n) is 6.77. The molecule has 0 saturated heterocycles. The van der Waals surface area contributed by atoms with Crippen molar-refractivity contribution in [1.82, 2.24) is 14.8 Å². The van der Waals surface area contributed by atoms with Crippen LogP contribution in [0.3, 0.4) is 0 Å². The number of fused-ring (bicyclic) bond motifs is 3. The second-order valence-corrected chi connectivity index (χ2v) is 9.75. The van der Waals surface area contributed by atoms with Crippen molar-refractivity contribution in [1.29, 1.82) is 0 Å². The first-order chi connectivity index (χ1) is 19.6. The molecule has 5 nitrogen and oxygen atoms in total. The monoisotopic (exact) mass is 543 g/mol. The zero-order chi connectivity index (χ0) is 27.5. The van der Waals surface area contributed by atoms with Crippen molar-refractivity contribution in [2.75, 3.05) is 14.2 Å². The SMILES string of the molecule is COc1ccc(/C=C/c2cc(/C=C/c3ccc(OC)cc3)c3ncc4cnn(-c5ccc(Cl)cc5)c4c3c2)cc1. The van der Waals surface area contributed by atoms with Gasteiger partial charge in [0.2, 0.25) is 0 Å². The molecule has 6 aromatic rings. The molecule has 0 aliphatic heterocycles. The van der Waals surface area contributed by atoms with E-state index in [9.17, 15) is 0 Å². The minimum absolute atomic E-state index is 0.684. The molecule has 0 bridgehead atoms. The molecule has 0 unspecified atom stereocenters. The highest BCUT2D eigenvalue weighted by Crippen LogP contribution is 2.31. The van der Waals surface area contributed by atoms with Crippen molar-refractivity contribution in [3.63, 3.8) is 0 Å². The summed E-state index contributed by atoms with van der Waals surface area (Å²) in [6.45, 7) is 0. The van der Waals surface area contributed by atoms with Gasteiger partial charge in [0.1, 0.15) is 11.5 Å². The lowest BCUT2D eigenvalue weighted by atomic mass is 10.0. The van der Waals surface area contributed by atoms with E-state index >= 15 is 0 Å². The molecule has 2 heterocycles. The van der Waals surface area contributed by atoms with E-state index in [4.69, 9.17) is 31.2 Å². The molecule has 0 aliphatic carbocycles. The molecule has 40 heavy (non-hydrogen) atoms. The quantitative estimate of drug-likeness (QED) is 0.189. The number of pyridine rings is 1. The molecule has 0 amide bonds. The van der Waals surface area contributed by atoms with Gasteiger partial charge in [-0.15, -0.1) is 0 Å². The van der Waals surface area contributed by atoms with Crippen molar-refractivity contribution in [3.05, 3.63) is 125 Å². The summed E-state index contributed by atoms with van der Waals surface area (Å²) < 4.78 is 12.6. The maximum absolute atomic E-state index is 6.16. The standard InChI is InChI=1S/C34H26ClN3O2/c1-39-30-15-6-23(7-16-30)3-4-25-19-26(10-5-24-8-17-31(40-2)18-9-24)33-32(20-25)34-27(21-36-33)22-37-38(34)29-13-11-28(35)12-14-29/h3-22H,1-2H3/b4-3+,10-5+. The Morgan fingerprint density at radius 3 is 1.90 bits per heavy atom. The largest absolute Gasteiger partial charge is 0.497 e. The van der Waals surface area contributed by atoms with Crippen LogP contribution in [0.1, 0.15) is 22.3 Å². The van der Waals surface area contributed by atoms with E-state index in [1.807, 2.05) is 89.9 Å². The van der Waals surface area contributed by atoms with Gasteiger partial charge in [0.25, 0.3) is 0 Å². The first-order valence-electron chi connectivity index (χ1n) is 12.8. The topological polar surface area (TPSA) is 49.2 Å². The van der Waals surface area contributed by atoms with Gasteiger partial charge in [-0.2, -0.15) is 5.10 Å². The second kappa shape index (κ2) is 11.1. The number of ether oxygens (including phenoxy) is 2. The fourth-order valence-corrected chi connectivity index (χ4v) is 4.80. The summed E-state index contributed by atoms with van der Waals surface area (Å²) in [5, 5.41) is 7.35. The van der Waals surface area contributed by atoms with Gasteiger partial charge in [-0.05, 0) is 77.4 Å². The lowest BCUT2D eigenvalue weighted by molar-refractivity contribution is 0.414. The summed E-state index contributed by atoms with van der Waals surface area (Å²) in [7, 11) is 3.34. The highest BCUT2D eigenvalue weighted by atomic mass is 35.5. The molecule has 6 heteroatoms. The summed E-state index contributed by atoms with van der Waals surface area (Å²) in [4.78, 5) is 4.86. The Morgan fingerprint density at radius 2 is 1.27 bits per heavy atom. The van der Waals surface area contributed by atoms with Gasteiger partial charge in [-0.1, -0.05) is 60.2 Å². The van der Waals surface area contributed by atoms with Crippen LogP contribution in [0.25, 0.3) is 51.8 Å². The van der Waals surface area contributed by atoms with Gasteiger partial charge in [-0.25, -0.2) is 4.68 Å². The summed E-state index contributed by atoms with van der Waals surface area (Å²) in [5.74, 6) is 1.66. The van der Waals surface area contributed by atoms with E-state index in [1.54, 1.807) is 14.2 Å². The average molecular weight is 544 g/mol. The number of methoxy groups -OCH3 is 2. The fourth-order valence-electron chi connectivity index (χ4n) is 4.67. The van der Waals surface area contributed by atoms with E-state index in [1.165, 1.54) is 0 Å². The smallest absolute Gasteiger partial charge is 0.118 e. The van der Waals surface area contributed by atoms with Gasteiger partial charge >= 0.3 is 0 Å². The highest BCUT2D eigenvalue weighted by molar-refractivity contribution is 6.30. The molecule has 0 atom stereocenters. The number of aromatic nitrogens is 3.